The number of hydrogen-bond donors (Lipinski definition) is 1. The molecule has 1 N–H and O–H groups in total. The summed E-state index contributed by atoms with van der Waals surface area (Å²) < 4.78 is 1.84. The largest absolute Gasteiger partial charge is 0.311 e. The molecular formula is C17H20ClN3O. The van der Waals surface area contributed by atoms with Gasteiger partial charge in [0, 0.05) is 23.6 Å². The maximum absolute atomic E-state index is 12.4. The molecule has 1 aliphatic rings. The predicted octanol–water partition coefficient (Wildman–Crippen LogP) is 3.93. The van der Waals surface area contributed by atoms with Crippen molar-refractivity contribution in [1.29, 1.82) is 0 Å². The third-order valence-electron chi connectivity index (χ3n) is 3.94. The van der Waals surface area contributed by atoms with E-state index in [0.717, 1.165) is 29.4 Å². The lowest BCUT2D eigenvalue weighted by atomic mass is 10.1. The fourth-order valence-electron chi connectivity index (χ4n) is 2.75. The highest BCUT2D eigenvalue weighted by Crippen LogP contribution is 2.49. The Bertz CT molecular complexity index is 680. The minimum absolute atomic E-state index is 0.00213. The van der Waals surface area contributed by atoms with E-state index in [0.29, 0.717) is 5.92 Å². The zero-order valence-corrected chi connectivity index (χ0v) is 13.5. The summed E-state index contributed by atoms with van der Waals surface area (Å²) in [5.74, 6) is 1.53. The van der Waals surface area contributed by atoms with E-state index >= 15 is 0 Å². The number of rotatable bonds is 5. The van der Waals surface area contributed by atoms with Gasteiger partial charge in [0.05, 0.1) is 6.20 Å². The van der Waals surface area contributed by atoms with Gasteiger partial charge in [-0.1, -0.05) is 43.6 Å². The number of halogens is 1. The summed E-state index contributed by atoms with van der Waals surface area (Å²) in [6.45, 7) is 5.05. The van der Waals surface area contributed by atoms with E-state index in [1.165, 1.54) is 0 Å². The third-order valence-corrected chi connectivity index (χ3v) is 4.28. The summed E-state index contributed by atoms with van der Waals surface area (Å²) >= 11 is 6.21. The molecule has 1 aromatic carbocycles. The molecule has 2 aromatic rings. The van der Waals surface area contributed by atoms with E-state index in [2.05, 4.69) is 24.3 Å². The Morgan fingerprint density at radius 1 is 1.41 bits per heavy atom. The molecule has 1 fully saturated rings. The van der Waals surface area contributed by atoms with Crippen LogP contribution in [-0.2, 0) is 11.3 Å². The number of anilines is 1. The van der Waals surface area contributed by atoms with Crippen molar-refractivity contribution in [1.82, 2.24) is 9.78 Å². The molecule has 3 rings (SSSR count). The number of hydrogen-bond acceptors (Lipinski definition) is 2. The second-order valence-corrected chi connectivity index (χ2v) is 6.66. The molecule has 0 spiro atoms. The topological polar surface area (TPSA) is 46.9 Å². The zero-order valence-electron chi connectivity index (χ0n) is 12.8. The summed E-state index contributed by atoms with van der Waals surface area (Å²) in [5.41, 5.74) is 1.07. The smallest absolute Gasteiger partial charge is 0.229 e. The Balaban J connectivity index is 1.65. The van der Waals surface area contributed by atoms with Gasteiger partial charge in [-0.2, -0.15) is 5.10 Å². The average Bonchev–Trinajstić information content (AvgIpc) is 3.16. The van der Waals surface area contributed by atoms with E-state index < -0.39 is 0 Å². The van der Waals surface area contributed by atoms with Gasteiger partial charge >= 0.3 is 0 Å². The molecule has 116 valence electrons. The molecular weight excluding hydrogens is 298 g/mol. The maximum atomic E-state index is 12.4. The van der Waals surface area contributed by atoms with Crippen molar-refractivity contribution in [3.63, 3.8) is 0 Å². The lowest BCUT2D eigenvalue weighted by molar-refractivity contribution is -0.117. The molecule has 1 heterocycles. The second kappa shape index (κ2) is 6.13. The van der Waals surface area contributed by atoms with Crippen LogP contribution in [0.4, 0.5) is 5.82 Å². The minimum atomic E-state index is 0.00213. The predicted molar refractivity (Wildman–Crippen MR) is 88.0 cm³/mol. The van der Waals surface area contributed by atoms with Gasteiger partial charge in [0.2, 0.25) is 5.91 Å². The molecule has 0 saturated heterocycles. The first-order valence-corrected chi connectivity index (χ1v) is 8.01. The summed E-state index contributed by atoms with van der Waals surface area (Å²) in [7, 11) is 0. The van der Waals surface area contributed by atoms with Crippen LogP contribution in [0.1, 0.15) is 31.7 Å². The molecule has 1 amide bonds. The van der Waals surface area contributed by atoms with Crippen molar-refractivity contribution < 1.29 is 4.79 Å². The summed E-state index contributed by atoms with van der Waals surface area (Å²) in [6.07, 6.45) is 2.57. The molecule has 2 atom stereocenters. The van der Waals surface area contributed by atoms with Crippen molar-refractivity contribution in [2.75, 3.05) is 5.32 Å². The van der Waals surface area contributed by atoms with Crippen LogP contribution >= 0.6 is 11.6 Å². The van der Waals surface area contributed by atoms with Gasteiger partial charge in [0.1, 0.15) is 5.82 Å². The van der Waals surface area contributed by atoms with Gasteiger partial charge in [-0.25, -0.2) is 4.68 Å². The number of aromatic nitrogens is 2. The number of nitrogens with zero attached hydrogens (tertiary/aromatic N) is 2. The third kappa shape index (κ3) is 3.17. The normalized spacial score (nSPS) is 20.2. The van der Waals surface area contributed by atoms with Crippen LogP contribution in [0.15, 0.2) is 36.5 Å². The number of benzene rings is 1. The van der Waals surface area contributed by atoms with E-state index in [4.69, 9.17) is 11.6 Å². The Kier molecular flexibility index (Phi) is 4.21. The van der Waals surface area contributed by atoms with Crippen LogP contribution in [0.25, 0.3) is 0 Å². The highest BCUT2D eigenvalue weighted by atomic mass is 35.5. The molecule has 5 heteroatoms. The van der Waals surface area contributed by atoms with E-state index in [1.807, 2.05) is 35.0 Å². The fourth-order valence-corrected chi connectivity index (χ4v) is 3.03. The Morgan fingerprint density at radius 2 is 2.18 bits per heavy atom. The molecule has 0 aliphatic heterocycles. The van der Waals surface area contributed by atoms with Gasteiger partial charge in [-0.05, 0) is 29.9 Å². The highest BCUT2D eigenvalue weighted by Gasteiger charge is 2.44. The average molecular weight is 318 g/mol. The minimum Gasteiger partial charge on any atom is -0.311 e. The fraction of sp³-hybridized carbons (Fsp3) is 0.412. The number of nitrogens with one attached hydrogen (secondary N) is 1. The van der Waals surface area contributed by atoms with Crippen molar-refractivity contribution in [3.8, 4) is 0 Å². The van der Waals surface area contributed by atoms with Gasteiger partial charge < -0.3 is 5.32 Å². The number of carbonyl (C=O) groups is 1. The summed E-state index contributed by atoms with van der Waals surface area (Å²) in [6, 6.07) is 9.60. The number of carbonyl (C=O) groups excluding carboxylic acids is 1. The van der Waals surface area contributed by atoms with E-state index in [1.54, 1.807) is 6.20 Å². The molecule has 0 radical (unpaired) electrons. The lowest BCUT2D eigenvalue weighted by Gasteiger charge is -2.11. The lowest BCUT2D eigenvalue weighted by Crippen LogP contribution is -2.19. The number of amides is 1. The van der Waals surface area contributed by atoms with Crippen molar-refractivity contribution >= 4 is 23.3 Å². The quantitative estimate of drug-likeness (QED) is 0.908. The molecule has 2 unspecified atom stereocenters. The monoisotopic (exact) mass is 317 g/mol. The Hall–Kier alpha value is -1.81. The van der Waals surface area contributed by atoms with Crippen LogP contribution in [-0.4, -0.2) is 15.7 Å². The van der Waals surface area contributed by atoms with E-state index in [-0.39, 0.29) is 17.7 Å². The summed E-state index contributed by atoms with van der Waals surface area (Å²) in [4.78, 5) is 12.4. The maximum Gasteiger partial charge on any atom is 0.229 e. The molecule has 1 aromatic heterocycles. The Labute approximate surface area is 135 Å². The SMILES string of the molecule is CC(C)Cn1nccc1NC(=O)C1CC1c1ccccc1Cl. The van der Waals surface area contributed by atoms with Gasteiger partial charge in [-0.3, -0.25) is 4.79 Å². The van der Waals surface area contributed by atoms with Crippen LogP contribution in [0.5, 0.6) is 0 Å². The van der Waals surface area contributed by atoms with Crippen LogP contribution < -0.4 is 5.32 Å². The highest BCUT2D eigenvalue weighted by molar-refractivity contribution is 6.31. The van der Waals surface area contributed by atoms with Crippen LogP contribution in [0.2, 0.25) is 5.02 Å². The van der Waals surface area contributed by atoms with Crippen LogP contribution in [0, 0.1) is 11.8 Å². The second-order valence-electron chi connectivity index (χ2n) is 6.25. The Morgan fingerprint density at radius 3 is 2.91 bits per heavy atom. The first kappa shape index (κ1) is 15.1. The zero-order chi connectivity index (χ0) is 15.7. The van der Waals surface area contributed by atoms with Gasteiger partial charge in [0.25, 0.3) is 0 Å². The molecule has 1 aliphatic carbocycles. The van der Waals surface area contributed by atoms with Gasteiger partial charge in [-0.15, -0.1) is 0 Å². The standard InChI is InChI=1S/C17H20ClN3O/c1-11(2)10-21-16(7-8-19-21)20-17(22)14-9-13(14)12-5-3-4-6-15(12)18/h3-8,11,13-14H,9-10H2,1-2H3,(H,20,22). The van der Waals surface area contributed by atoms with E-state index in [9.17, 15) is 4.79 Å². The molecule has 4 nitrogen and oxygen atoms in total. The van der Waals surface area contributed by atoms with Crippen molar-refractivity contribution in [2.24, 2.45) is 11.8 Å². The molecule has 1 saturated carbocycles. The summed E-state index contributed by atoms with van der Waals surface area (Å²) in [5, 5.41) is 8.00. The van der Waals surface area contributed by atoms with Crippen molar-refractivity contribution in [3.05, 3.63) is 47.1 Å². The van der Waals surface area contributed by atoms with Crippen LogP contribution in [0.3, 0.4) is 0 Å². The first-order chi connectivity index (χ1) is 10.6. The molecule has 22 heavy (non-hydrogen) atoms. The van der Waals surface area contributed by atoms with Gasteiger partial charge in [0.15, 0.2) is 0 Å². The first-order valence-electron chi connectivity index (χ1n) is 7.63. The van der Waals surface area contributed by atoms with Crippen molar-refractivity contribution in [2.45, 2.75) is 32.7 Å². The molecule has 0 bridgehead atoms.